The van der Waals surface area contributed by atoms with E-state index in [1.807, 2.05) is 0 Å². The molecule has 0 saturated carbocycles. The van der Waals surface area contributed by atoms with Crippen molar-refractivity contribution in [3.63, 3.8) is 0 Å². The Kier molecular flexibility index (Phi) is 61.7. The van der Waals surface area contributed by atoms with E-state index in [1.54, 1.807) is 0 Å². The largest absolute Gasteiger partial charge is 0.354 e. The number of carbonyl (C=O) groups is 2. The summed E-state index contributed by atoms with van der Waals surface area (Å²) in [4.78, 5) is 27.5. The van der Waals surface area contributed by atoms with Crippen LogP contribution in [0.1, 0.15) is 272 Å². The molecule has 0 bridgehead atoms. The van der Waals surface area contributed by atoms with E-state index in [9.17, 15) is 9.59 Å². The van der Waals surface area contributed by atoms with E-state index in [2.05, 4.69) is 98.0 Å². The Morgan fingerprint density at radius 2 is 0.628 bits per heavy atom. The summed E-state index contributed by atoms with van der Waals surface area (Å²) in [5, 5.41) is 20.8. The minimum absolute atomic E-state index is 0.118. The highest BCUT2D eigenvalue weighted by Gasteiger charge is 2.29. The van der Waals surface area contributed by atoms with Crippen LogP contribution in [-0.2, 0) is 9.59 Å². The molecule has 0 aromatic heterocycles. The lowest BCUT2D eigenvalue weighted by Crippen LogP contribution is -2.52. The number of unbranched alkanes of at least 4 members (excludes halogenated alkanes) is 25. The Labute approximate surface area is 534 Å². The van der Waals surface area contributed by atoms with Gasteiger partial charge in [0, 0.05) is 37.8 Å². The fourth-order valence-corrected chi connectivity index (χ4v) is 12.5. The highest BCUT2D eigenvalue weighted by atomic mass is 16.2. The van der Waals surface area contributed by atoms with Gasteiger partial charge < -0.3 is 63.8 Å². The first-order valence-corrected chi connectivity index (χ1v) is 37.1. The van der Waals surface area contributed by atoms with Gasteiger partial charge in [0.2, 0.25) is 11.8 Å². The second-order valence-corrected chi connectivity index (χ2v) is 27.1. The van der Waals surface area contributed by atoms with Crippen molar-refractivity contribution in [1.82, 2.24) is 31.9 Å². The molecule has 14 N–H and O–H groups in total. The molecule has 0 spiro atoms. The summed E-state index contributed by atoms with van der Waals surface area (Å²) in [6, 6.07) is -0.416. The van der Waals surface area contributed by atoms with Crippen LogP contribution in [0.25, 0.3) is 0 Å². The molecule has 0 saturated heterocycles. The molecule has 86 heavy (non-hydrogen) atoms. The van der Waals surface area contributed by atoms with Crippen molar-refractivity contribution in [2.45, 2.75) is 284 Å². The molecule has 0 aliphatic rings. The molecule has 0 aliphatic carbocycles. The average molecular weight is 1220 g/mol. The van der Waals surface area contributed by atoms with Crippen LogP contribution in [0, 0.1) is 11.8 Å². The highest BCUT2D eigenvalue weighted by Crippen LogP contribution is 2.20. The van der Waals surface area contributed by atoms with Gasteiger partial charge in [0.25, 0.3) is 0 Å². The smallest absolute Gasteiger partial charge is 0.237 e. The van der Waals surface area contributed by atoms with Crippen LogP contribution >= 0.6 is 0 Å². The Morgan fingerprint density at radius 3 is 0.942 bits per heavy atom. The molecular weight excluding hydrogens is 1060 g/mol. The molecule has 510 valence electrons. The van der Waals surface area contributed by atoms with E-state index in [1.165, 1.54) is 206 Å². The maximum absolute atomic E-state index is 13.8. The van der Waals surface area contributed by atoms with Gasteiger partial charge in [-0.25, -0.2) is 0 Å². The normalized spacial score (nSPS) is 14.9. The minimum Gasteiger partial charge on any atom is -0.354 e. The van der Waals surface area contributed by atoms with E-state index in [0.29, 0.717) is 51.1 Å². The number of nitrogens with one attached hydrogen (secondary N) is 6. The van der Waals surface area contributed by atoms with Crippen LogP contribution in [0.4, 0.5) is 0 Å². The number of allylic oxidation sites excluding steroid dienone is 4. The molecule has 0 radical (unpaired) electrons. The fourth-order valence-electron chi connectivity index (χ4n) is 12.5. The molecule has 0 aromatic rings. The monoisotopic (exact) mass is 1220 g/mol. The predicted octanol–water partition coefficient (Wildman–Crippen LogP) is 12.3. The molecular formula is C72H152N12O2+2. The van der Waals surface area contributed by atoms with E-state index in [0.717, 1.165) is 126 Å². The summed E-state index contributed by atoms with van der Waals surface area (Å²) in [5.41, 5.74) is 23.1. The zero-order chi connectivity index (χ0) is 63.1. The Hall–Kier alpha value is -1.98. The third-order valence-corrected chi connectivity index (χ3v) is 17.8. The molecule has 0 rings (SSSR count). The Morgan fingerprint density at radius 1 is 0.360 bits per heavy atom. The number of hydrogen-bond acceptors (Lipinski definition) is 10. The number of amides is 2. The Balaban J connectivity index is 5.90. The molecule has 0 heterocycles. The van der Waals surface area contributed by atoms with Crippen molar-refractivity contribution in [3.8, 4) is 0 Å². The number of rotatable bonds is 69. The van der Waals surface area contributed by atoms with Gasteiger partial charge in [0.05, 0.1) is 65.4 Å². The van der Waals surface area contributed by atoms with E-state index >= 15 is 0 Å². The van der Waals surface area contributed by atoms with Crippen LogP contribution < -0.4 is 54.8 Å². The second-order valence-electron chi connectivity index (χ2n) is 27.1. The standard InChI is InChI=1S/C72H150N12O2/c1-7-9-11-13-15-17-19-21-23-25-27-29-31-33-35-37-59-83(5,65-67(3)63-81-71(85)69(79-57-45-51-75)47-41-53-77-55-43-49-73)61-39-40-62-84(6,60-38-36-34-32-30-28-26-24-22-20-18-16-14-12-10-8-2)66-68(4)64-82-72(86)70(80-58-46-52-76)48-42-54-78-56-44-50-74/h21-24,67-70,77-80H,7-20,25-66,73-76H2,1-6H3/p+2/b23-21-,24-22-. The van der Waals surface area contributed by atoms with Crippen LogP contribution in [0.3, 0.4) is 0 Å². The van der Waals surface area contributed by atoms with Gasteiger partial charge in [-0.15, -0.1) is 0 Å². The minimum atomic E-state index is -0.208. The first-order chi connectivity index (χ1) is 41.9. The van der Waals surface area contributed by atoms with E-state index in [-0.39, 0.29) is 23.9 Å². The second kappa shape index (κ2) is 63.2. The number of nitrogens with two attached hydrogens (primary N) is 4. The van der Waals surface area contributed by atoms with E-state index in [4.69, 9.17) is 22.9 Å². The van der Waals surface area contributed by atoms with Crippen molar-refractivity contribution in [3.05, 3.63) is 24.3 Å². The predicted molar refractivity (Wildman–Crippen MR) is 377 cm³/mol. The molecule has 0 aliphatic heterocycles. The quantitative estimate of drug-likeness (QED) is 0.0158. The number of hydrogen-bond donors (Lipinski definition) is 10. The maximum atomic E-state index is 13.8. The first kappa shape index (κ1) is 84.0. The van der Waals surface area contributed by atoms with Crippen molar-refractivity contribution >= 4 is 11.8 Å². The van der Waals surface area contributed by atoms with Gasteiger partial charge in [0.1, 0.15) is 0 Å². The third kappa shape index (κ3) is 54.9. The average Bonchev–Trinajstić information content (AvgIpc) is 3.67. The summed E-state index contributed by atoms with van der Waals surface area (Å²) in [5.74, 6) is 0.953. The zero-order valence-corrected chi connectivity index (χ0v) is 58.2. The van der Waals surface area contributed by atoms with Gasteiger partial charge in [-0.1, -0.05) is 155 Å². The van der Waals surface area contributed by atoms with Gasteiger partial charge in [0.15, 0.2) is 0 Å². The molecule has 0 fully saturated rings. The lowest BCUT2D eigenvalue weighted by molar-refractivity contribution is -0.918. The topological polar surface area (TPSA) is 210 Å². The third-order valence-electron chi connectivity index (χ3n) is 17.8. The fraction of sp³-hybridized carbons (Fsp3) is 0.917. The molecule has 2 amide bonds. The first-order valence-electron chi connectivity index (χ1n) is 37.1. The summed E-state index contributed by atoms with van der Waals surface area (Å²) in [6.07, 6.45) is 56.3. The van der Waals surface area contributed by atoms with Crippen molar-refractivity contribution in [1.29, 1.82) is 0 Å². The Bertz CT molecular complexity index is 1400. The molecule has 6 atom stereocenters. The van der Waals surface area contributed by atoms with Gasteiger partial charge in [-0.2, -0.15) is 0 Å². The summed E-state index contributed by atoms with van der Waals surface area (Å²) in [7, 11) is 5.01. The number of nitrogens with zero attached hydrogens (tertiary/aromatic N) is 2. The molecule has 14 nitrogen and oxygen atoms in total. The molecule has 14 heteroatoms. The van der Waals surface area contributed by atoms with Gasteiger partial charge in [-0.3, -0.25) is 9.59 Å². The lowest BCUT2D eigenvalue weighted by atomic mass is 10.0. The van der Waals surface area contributed by atoms with Crippen molar-refractivity contribution in [2.75, 3.05) is 132 Å². The van der Waals surface area contributed by atoms with Gasteiger partial charge in [-0.05, 0) is 194 Å². The van der Waals surface area contributed by atoms with E-state index < -0.39 is 0 Å². The summed E-state index contributed by atoms with van der Waals surface area (Å²) < 4.78 is 2.11. The number of quaternary nitrogens is 2. The van der Waals surface area contributed by atoms with Crippen LogP contribution in [0.15, 0.2) is 24.3 Å². The number of carbonyl (C=O) groups excluding carboxylic acids is 2. The van der Waals surface area contributed by atoms with Crippen molar-refractivity contribution in [2.24, 2.45) is 34.8 Å². The summed E-state index contributed by atoms with van der Waals surface area (Å²) >= 11 is 0. The SMILES string of the molecule is CCCCCCCC/C=C\CCCCCCCC[N+](C)(CCCC[N+](C)(CCCCCCCC/C=C\CCCCCCCC)CC(C)CNC(=O)C(CCCNCCCN)NCCCN)CC(C)CNC(=O)C(CCCNCCCN)NCCCN. The van der Waals surface area contributed by atoms with Crippen LogP contribution in [0.5, 0.6) is 0 Å². The van der Waals surface area contributed by atoms with Gasteiger partial charge >= 0.3 is 0 Å². The molecule has 0 aromatic carbocycles. The zero-order valence-electron chi connectivity index (χ0n) is 58.2. The van der Waals surface area contributed by atoms with Crippen LogP contribution in [-0.4, -0.2) is 165 Å². The van der Waals surface area contributed by atoms with Crippen molar-refractivity contribution < 1.29 is 18.6 Å². The van der Waals surface area contributed by atoms with Crippen LogP contribution in [0.2, 0.25) is 0 Å². The summed E-state index contributed by atoms with van der Waals surface area (Å²) in [6.45, 7) is 25.2. The molecule has 6 unspecified atom stereocenters. The maximum Gasteiger partial charge on any atom is 0.237 e. The highest BCUT2D eigenvalue weighted by molar-refractivity contribution is 5.82. The lowest BCUT2D eigenvalue weighted by Gasteiger charge is -2.39.